The second kappa shape index (κ2) is 6.67. The van der Waals surface area contributed by atoms with Gasteiger partial charge in [-0.3, -0.25) is 4.79 Å². The van der Waals surface area contributed by atoms with E-state index in [0.717, 1.165) is 0 Å². The number of rotatable bonds is 5. The summed E-state index contributed by atoms with van der Waals surface area (Å²) >= 11 is 0. The lowest BCUT2D eigenvalue weighted by atomic mass is 10.4. The summed E-state index contributed by atoms with van der Waals surface area (Å²) in [5.41, 5.74) is 0.131. The summed E-state index contributed by atoms with van der Waals surface area (Å²) in [6.45, 7) is 3.95. The third-order valence-electron chi connectivity index (χ3n) is 2.25. The molecule has 1 aromatic heterocycles. The minimum atomic E-state index is -0.542. The molecule has 0 radical (unpaired) electrons. The van der Waals surface area contributed by atoms with Gasteiger partial charge in [0.1, 0.15) is 5.82 Å². The molecule has 1 aromatic rings. The first-order chi connectivity index (χ1) is 8.93. The van der Waals surface area contributed by atoms with Crippen LogP contribution in [0.25, 0.3) is 0 Å². The van der Waals surface area contributed by atoms with E-state index in [0.29, 0.717) is 5.82 Å². The summed E-state index contributed by atoms with van der Waals surface area (Å²) in [4.78, 5) is 32.4. The Morgan fingerprint density at radius 3 is 2.53 bits per heavy atom. The minimum absolute atomic E-state index is 0.0914. The number of carbonyl (C=O) groups is 2. The van der Waals surface area contributed by atoms with Crippen LogP contribution in [0.2, 0.25) is 0 Å². The predicted molar refractivity (Wildman–Crippen MR) is 69.9 cm³/mol. The molecule has 1 heterocycles. The van der Waals surface area contributed by atoms with Crippen molar-refractivity contribution in [2.24, 2.45) is 0 Å². The lowest BCUT2D eigenvalue weighted by molar-refractivity contribution is -0.120. The molecule has 0 unspecified atom stereocenters. The molecule has 1 N–H and O–H groups in total. The summed E-state index contributed by atoms with van der Waals surface area (Å²) in [5, 5.41) is 2.78. The average Bonchev–Trinajstić information content (AvgIpc) is 2.36. The van der Waals surface area contributed by atoms with Gasteiger partial charge in [-0.25, -0.2) is 14.8 Å². The average molecular weight is 266 g/mol. The highest BCUT2D eigenvalue weighted by Crippen LogP contribution is 2.06. The fourth-order valence-corrected chi connectivity index (χ4v) is 1.39. The Hall–Kier alpha value is -2.18. The number of amides is 1. The van der Waals surface area contributed by atoms with Gasteiger partial charge in [0.2, 0.25) is 5.91 Å². The standard InChI is InChI=1S/C12H18N4O3/c1-8(2)15-11(17)7-16(3)10-6-13-9(5-14-10)12(18)19-4/h5-6,8H,7H2,1-4H3,(H,15,17). The topological polar surface area (TPSA) is 84.4 Å². The number of aromatic nitrogens is 2. The summed E-state index contributed by atoms with van der Waals surface area (Å²) < 4.78 is 4.53. The fourth-order valence-electron chi connectivity index (χ4n) is 1.39. The lowest BCUT2D eigenvalue weighted by Crippen LogP contribution is -2.38. The van der Waals surface area contributed by atoms with Gasteiger partial charge in [0.15, 0.2) is 5.69 Å². The van der Waals surface area contributed by atoms with E-state index in [1.54, 1.807) is 11.9 Å². The molecule has 0 fully saturated rings. The molecule has 19 heavy (non-hydrogen) atoms. The number of ether oxygens (including phenoxy) is 1. The smallest absolute Gasteiger partial charge is 0.358 e. The first-order valence-electron chi connectivity index (χ1n) is 5.85. The Morgan fingerprint density at radius 2 is 2.05 bits per heavy atom. The van der Waals surface area contributed by atoms with Gasteiger partial charge in [-0.2, -0.15) is 0 Å². The van der Waals surface area contributed by atoms with E-state index in [-0.39, 0.29) is 24.2 Å². The van der Waals surface area contributed by atoms with Gasteiger partial charge in [-0.1, -0.05) is 0 Å². The second-order valence-corrected chi connectivity index (χ2v) is 4.33. The van der Waals surface area contributed by atoms with Crippen molar-refractivity contribution in [3.05, 3.63) is 18.1 Å². The van der Waals surface area contributed by atoms with Crippen molar-refractivity contribution in [1.29, 1.82) is 0 Å². The van der Waals surface area contributed by atoms with E-state index in [9.17, 15) is 9.59 Å². The Morgan fingerprint density at radius 1 is 1.37 bits per heavy atom. The van der Waals surface area contributed by atoms with Gasteiger partial charge in [-0.05, 0) is 13.8 Å². The lowest BCUT2D eigenvalue weighted by Gasteiger charge is -2.18. The summed E-state index contributed by atoms with van der Waals surface area (Å²) in [6, 6.07) is 0.0914. The monoisotopic (exact) mass is 266 g/mol. The molecule has 7 heteroatoms. The highest BCUT2D eigenvalue weighted by Gasteiger charge is 2.12. The molecular formula is C12H18N4O3. The van der Waals surface area contributed by atoms with Crippen LogP contribution in [0.15, 0.2) is 12.4 Å². The van der Waals surface area contributed by atoms with Crippen molar-refractivity contribution in [3.63, 3.8) is 0 Å². The molecule has 1 rings (SSSR count). The zero-order valence-corrected chi connectivity index (χ0v) is 11.5. The number of esters is 1. The number of methoxy groups -OCH3 is 1. The van der Waals surface area contributed by atoms with Crippen LogP contribution in [-0.4, -0.2) is 48.6 Å². The number of carbonyl (C=O) groups excluding carboxylic acids is 2. The number of likely N-dealkylation sites (N-methyl/N-ethyl adjacent to an activating group) is 1. The van der Waals surface area contributed by atoms with E-state index in [2.05, 4.69) is 20.0 Å². The number of nitrogens with one attached hydrogen (secondary N) is 1. The fraction of sp³-hybridized carbons (Fsp3) is 0.500. The van der Waals surface area contributed by atoms with Gasteiger partial charge in [0.25, 0.3) is 0 Å². The van der Waals surface area contributed by atoms with Crippen molar-refractivity contribution >= 4 is 17.7 Å². The van der Waals surface area contributed by atoms with E-state index in [1.165, 1.54) is 19.5 Å². The summed E-state index contributed by atoms with van der Waals surface area (Å²) in [6.07, 6.45) is 2.74. The Balaban J connectivity index is 2.65. The minimum Gasteiger partial charge on any atom is -0.464 e. The normalized spacial score (nSPS) is 10.2. The van der Waals surface area contributed by atoms with Gasteiger partial charge in [0, 0.05) is 13.1 Å². The van der Waals surface area contributed by atoms with E-state index in [4.69, 9.17) is 0 Å². The van der Waals surface area contributed by atoms with Crippen LogP contribution < -0.4 is 10.2 Å². The Labute approximate surface area is 112 Å². The van der Waals surface area contributed by atoms with Crippen LogP contribution in [0, 0.1) is 0 Å². The molecule has 0 aliphatic carbocycles. The van der Waals surface area contributed by atoms with E-state index >= 15 is 0 Å². The Bertz CT molecular complexity index is 445. The number of hydrogen-bond donors (Lipinski definition) is 1. The zero-order valence-electron chi connectivity index (χ0n) is 11.5. The number of anilines is 1. The molecular weight excluding hydrogens is 248 g/mol. The largest absolute Gasteiger partial charge is 0.464 e. The molecule has 7 nitrogen and oxygen atoms in total. The van der Waals surface area contributed by atoms with Crippen LogP contribution in [0.3, 0.4) is 0 Å². The van der Waals surface area contributed by atoms with Gasteiger partial charge >= 0.3 is 5.97 Å². The molecule has 0 spiro atoms. The van der Waals surface area contributed by atoms with Gasteiger partial charge in [-0.15, -0.1) is 0 Å². The zero-order chi connectivity index (χ0) is 14.4. The third kappa shape index (κ3) is 4.53. The number of hydrogen-bond acceptors (Lipinski definition) is 6. The molecule has 104 valence electrons. The maximum absolute atomic E-state index is 11.6. The van der Waals surface area contributed by atoms with Crippen molar-refractivity contribution < 1.29 is 14.3 Å². The summed E-state index contributed by atoms with van der Waals surface area (Å²) in [7, 11) is 3.00. The van der Waals surface area contributed by atoms with E-state index < -0.39 is 5.97 Å². The first kappa shape index (κ1) is 14.9. The second-order valence-electron chi connectivity index (χ2n) is 4.33. The van der Waals surface area contributed by atoms with E-state index in [1.807, 2.05) is 13.8 Å². The molecule has 0 saturated carbocycles. The molecule has 0 atom stereocenters. The van der Waals surface area contributed by atoms with Crippen molar-refractivity contribution in [1.82, 2.24) is 15.3 Å². The number of nitrogens with zero attached hydrogens (tertiary/aromatic N) is 3. The van der Waals surface area contributed by atoms with Crippen LogP contribution >= 0.6 is 0 Å². The molecule has 0 aliphatic heterocycles. The predicted octanol–water partition coefficient (Wildman–Crippen LogP) is 0.224. The molecule has 0 bridgehead atoms. The van der Waals surface area contributed by atoms with Gasteiger partial charge in [0.05, 0.1) is 26.0 Å². The Kier molecular flexibility index (Phi) is 5.23. The SMILES string of the molecule is COC(=O)c1cnc(N(C)CC(=O)NC(C)C)cn1. The highest BCUT2D eigenvalue weighted by molar-refractivity contribution is 5.86. The highest BCUT2D eigenvalue weighted by atomic mass is 16.5. The van der Waals surface area contributed by atoms with Crippen molar-refractivity contribution in [3.8, 4) is 0 Å². The van der Waals surface area contributed by atoms with Gasteiger partial charge < -0.3 is 15.0 Å². The summed E-state index contributed by atoms with van der Waals surface area (Å²) in [5.74, 6) is -0.137. The van der Waals surface area contributed by atoms with Crippen LogP contribution in [0.4, 0.5) is 5.82 Å². The van der Waals surface area contributed by atoms with Crippen molar-refractivity contribution in [2.75, 3.05) is 25.6 Å². The molecule has 1 amide bonds. The van der Waals surface area contributed by atoms with Crippen molar-refractivity contribution in [2.45, 2.75) is 19.9 Å². The first-order valence-corrected chi connectivity index (χ1v) is 5.85. The maximum atomic E-state index is 11.6. The molecule has 0 aliphatic rings. The molecule has 0 aromatic carbocycles. The van der Waals surface area contributed by atoms with Crippen LogP contribution in [0.5, 0.6) is 0 Å². The van der Waals surface area contributed by atoms with Crippen LogP contribution in [0.1, 0.15) is 24.3 Å². The molecule has 0 saturated heterocycles. The third-order valence-corrected chi connectivity index (χ3v) is 2.25. The maximum Gasteiger partial charge on any atom is 0.358 e. The van der Waals surface area contributed by atoms with Crippen LogP contribution in [-0.2, 0) is 9.53 Å². The quantitative estimate of drug-likeness (QED) is 0.768.